The Hall–Kier alpha value is -1.11. The number of hydrogen-bond donors (Lipinski definition) is 0. The van der Waals surface area contributed by atoms with Crippen molar-refractivity contribution < 1.29 is 0 Å². The van der Waals surface area contributed by atoms with Gasteiger partial charge in [-0.1, -0.05) is 32.9 Å². The number of rotatable bonds is 0. The highest BCUT2D eigenvalue weighted by atomic mass is 14.7. The van der Waals surface area contributed by atoms with E-state index in [0.717, 1.165) is 12.1 Å². The van der Waals surface area contributed by atoms with E-state index >= 15 is 0 Å². The molecule has 0 unspecified atom stereocenters. The highest BCUT2D eigenvalue weighted by Gasteiger charge is 2.16. The molecular formula is C12H15N. The summed E-state index contributed by atoms with van der Waals surface area (Å²) >= 11 is 0. The first kappa shape index (κ1) is 8.49. The molecule has 1 aliphatic rings. The van der Waals surface area contributed by atoms with E-state index in [9.17, 15) is 0 Å². The van der Waals surface area contributed by atoms with Crippen LogP contribution in [0.1, 0.15) is 31.9 Å². The summed E-state index contributed by atoms with van der Waals surface area (Å²) in [5.74, 6) is 0. The zero-order valence-electron chi connectivity index (χ0n) is 8.46. The summed E-state index contributed by atoms with van der Waals surface area (Å²) in [6.45, 7) is 6.72. The van der Waals surface area contributed by atoms with Crippen LogP contribution in [0.4, 0.5) is 5.69 Å². The number of fused-ring (bicyclic) bond motifs is 1. The van der Waals surface area contributed by atoms with Gasteiger partial charge in [-0.25, -0.2) is 0 Å². The molecule has 13 heavy (non-hydrogen) atoms. The van der Waals surface area contributed by atoms with E-state index in [0.29, 0.717) is 0 Å². The molecule has 0 aliphatic carbocycles. The number of aliphatic imine (C=N–C) groups is 1. The zero-order valence-corrected chi connectivity index (χ0v) is 8.46. The minimum atomic E-state index is 0.248. The van der Waals surface area contributed by atoms with Crippen LogP contribution < -0.4 is 0 Å². The molecule has 1 heteroatoms. The fourth-order valence-corrected chi connectivity index (χ4v) is 1.58. The van der Waals surface area contributed by atoms with E-state index in [2.05, 4.69) is 44.0 Å². The molecule has 1 aliphatic heterocycles. The first-order chi connectivity index (χ1) is 6.07. The predicted octanol–water partition coefficient (Wildman–Crippen LogP) is 3.24. The van der Waals surface area contributed by atoms with Gasteiger partial charge in [0.25, 0.3) is 0 Å². The van der Waals surface area contributed by atoms with Crippen molar-refractivity contribution in [3.63, 3.8) is 0 Å². The van der Waals surface area contributed by atoms with Crippen LogP contribution in [0.15, 0.2) is 23.2 Å². The Bertz CT molecular complexity index is 356. The molecule has 0 spiro atoms. The van der Waals surface area contributed by atoms with Crippen molar-refractivity contribution in [2.45, 2.75) is 32.6 Å². The molecule has 1 heterocycles. The Morgan fingerprint density at radius 3 is 2.69 bits per heavy atom. The Morgan fingerprint density at radius 2 is 2.00 bits per heavy atom. The van der Waals surface area contributed by atoms with Gasteiger partial charge in [0.15, 0.2) is 0 Å². The van der Waals surface area contributed by atoms with E-state index in [4.69, 9.17) is 0 Å². The molecule has 0 bridgehead atoms. The molecule has 68 valence electrons. The second-order valence-corrected chi connectivity index (χ2v) is 4.61. The molecule has 0 radical (unpaired) electrons. The monoisotopic (exact) mass is 173 g/mol. The van der Waals surface area contributed by atoms with E-state index in [1.54, 1.807) is 0 Å². The third-order valence-electron chi connectivity index (χ3n) is 2.49. The number of benzene rings is 1. The summed E-state index contributed by atoms with van der Waals surface area (Å²) in [7, 11) is 0. The van der Waals surface area contributed by atoms with E-state index in [1.807, 2.05) is 6.21 Å². The van der Waals surface area contributed by atoms with Crippen molar-refractivity contribution in [3.8, 4) is 0 Å². The number of nitrogens with zero attached hydrogens (tertiary/aromatic N) is 1. The Labute approximate surface area is 79.5 Å². The van der Waals surface area contributed by atoms with Gasteiger partial charge in [-0.15, -0.1) is 0 Å². The standard InChI is InChI=1S/C12H15N/c1-12(2,3)10-4-5-11-9(8-10)6-7-13-11/h4-5,7-8H,6H2,1-3H3. The average Bonchev–Trinajstić information content (AvgIpc) is 2.47. The maximum absolute atomic E-state index is 4.30. The van der Waals surface area contributed by atoms with Crippen molar-refractivity contribution in [1.82, 2.24) is 0 Å². The molecule has 0 saturated heterocycles. The predicted molar refractivity (Wildman–Crippen MR) is 57.0 cm³/mol. The molecule has 0 aromatic heterocycles. The zero-order chi connectivity index (χ0) is 9.47. The van der Waals surface area contributed by atoms with Gasteiger partial charge in [0, 0.05) is 12.6 Å². The van der Waals surface area contributed by atoms with Gasteiger partial charge in [0.1, 0.15) is 0 Å². The highest BCUT2D eigenvalue weighted by molar-refractivity contribution is 5.76. The van der Waals surface area contributed by atoms with Gasteiger partial charge < -0.3 is 0 Å². The number of hydrogen-bond acceptors (Lipinski definition) is 1. The van der Waals surface area contributed by atoms with E-state index in [-0.39, 0.29) is 5.41 Å². The van der Waals surface area contributed by atoms with Gasteiger partial charge in [-0.2, -0.15) is 0 Å². The summed E-state index contributed by atoms with van der Waals surface area (Å²) in [4.78, 5) is 4.30. The molecule has 1 nitrogen and oxygen atoms in total. The van der Waals surface area contributed by atoms with E-state index in [1.165, 1.54) is 11.1 Å². The molecule has 0 saturated carbocycles. The smallest absolute Gasteiger partial charge is 0.0661 e. The molecule has 1 aromatic rings. The SMILES string of the molecule is CC(C)(C)c1ccc2c(c1)CC=N2. The lowest BCUT2D eigenvalue weighted by Crippen LogP contribution is -2.10. The van der Waals surface area contributed by atoms with Gasteiger partial charge >= 0.3 is 0 Å². The average molecular weight is 173 g/mol. The minimum absolute atomic E-state index is 0.248. The van der Waals surface area contributed by atoms with Crippen molar-refractivity contribution in [1.29, 1.82) is 0 Å². The van der Waals surface area contributed by atoms with Gasteiger partial charge in [-0.3, -0.25) is 4.99 Å². The molecule has 0 amide bonds. The van der Waals surface area contributed by atoms with Gasteiger partial charge in [0.05, 0.1) is 5.69 Å². The molecule has 0 atom stereocenters. The summed E-state index contributed by atoms with van der Waals surface area (Å²) in [6.07, 6.45) is 2.98. The maximum atomic E-state index is 4.30. The minimum Gasteiger partial charge on any atom is -0.261 e. The van der Waals surface area contributed by atoms with Gasteiger partial charge in [0.2, 0.25) is 0 Å². The second kappa shape index (κ2) is 2.69. The van der Waals surface area contributed by atoms with Crippen LogP contribution in [0.25, 0.3) is 0 Å². The second-order valence-electron chi connectivity index (χ2n) is 4.61. The Balaban J connectivity index is 2.45. The van der Waals surface area contributed by atoms with Crippen molar-refractivity contribution in [2.75, 3.05) is 0 Å². The topological polar surface area (TPSA) is 12.4 Å². The van der Waals surface area contributed by atoms with Crippen molar-refractivity contribution >= 4 is 11.9 Å². The molecular weight excluding hydrogens is 158 g/mol. The Kier molecular flexibility index (Phi) is 1.76. The van der Waals surface area contributed by atoms with Crippen LogP contribution in [-0.2, 0) is 11.8 Å². The first-order valence-electron chi connectivity index (χ1n) is 4.73. The largest absolute Gasteiger partial charge is 0.261 e. The van der Waals surface area contributed by atoms with Crippen molar-refractivity contribution in [3.05, 3.63) is 29.3 Å². The lowest BCUT2D eigenvalue weighted by molar-refractivity contribution is 0.590. The van der Waals surface area contributed by atoms with Crippen LogP contribution >= 0.6 is 0 Å². The summed E-state index contributed by atoms with van der Waals surface area (Å²) < 4.78 is 0. The maximum Gasteiger partial charge on any atom is 0.0661 e. The van der Waals surface area contributed by atoms with Crippen LogP contribution in [0, 0.1) is 0 Å². The van der Waals surface area contributed by atoms with Crippen LogP contribution in [-0.4, -0.2) is 6.21 Å². The quantitative estimate of drug-likeness (QED) is 0.571. The summed E-state index contributed by atoms with van der Waals surface area (Å²) in [5.41, 5.74) is 4.16. The third kappa shape index (κ3) is 1.51. The van der Waals surface area contributed by atoms with Crippen molar-refractivity contribution in [2.24, 2.45) is 4.99 Å². The fraction of sp³-hybridized carbons (Fsp3) is 0.417. The van der Waals surface area contributed by atoms with E-state index < -0.39 is 0 Å². The fourth-order valence-electron chi connectivity index (χ4n) is 1.58. The first-order valence-corrected chi connectivity index (χ1v) is 4.73. The van der Waals surface area contributed by atoms with Crippen LogP contribution in [0.2, 0.25) is 0 Å². The van der Waals surface area contributed by atoms with Gasteiger partial charge in [-0.05, 0) is 22.6 Å². The molecule has 0 N–H and O–H groups in total. The normalized spacial score (nSPS) is 14.7. The molecule has 1 aromatic carbocycles. The van der Waals surface area contributed by atoms with Crippen LogP contribution in [0.3, 0.4) is 0 Å². The molecule has 2 rings (SSSR count). The third-order valence-corrected chi connectivity index (χ3v) is 2.49. The molecule has 0 fully saturated rings. The lowest BCUT2D eigenvalue weighted by atomic mass is 9.86. The van der Waals surface area contributed by atoms with Crippen LogP contribution in [0.5, 0.6) is 0 Å². The lowest BCUT2D eigenvalue weighted by Gasteiger charge is -2.19. The summed E-state index contributed by atoms with van der Waals surface area (Å²) in [6, 6.07) is 6.59. The summed E-state index contributed by atoms with van der Waals surface area (Å²) in [5, 5.41) is 0. The highest BCUT2D eigenvalue weighted by Crippen LogP contribution is 2.30. The Morgan fingerprint density at radius 1 is 1.23 bits per heavy atom.